The molecule has 0 spiro atoms. The van der Waals surface area contributed by atoms with Crippen LogP contribution in [0.1, 0.15) is 11.3 Å². The zero-order chi connectivity index (χ0) is 13.2. The summed E-state index contributed by atoms with van der Waals surface area (Å²) in [6, 6.07) is 17.1. The lowest BCUT2D eigenvalue weighted by Crippen LogP contribution is -2.03. The molecule has 0 radical (unpaired) electrons. The summed E-state index contributed by atoms with van der Waals surface area (Å²) in [5, 5.41) is 1.30. The highest BCUT2D eigenvalue weighted by Gasteiger charge is 2.08. The van der Waals surface area contributed by atoms with Crippen LogP contribution in [0.15, 0.2) is 48.5 Å². The van der Waals surface area contributed by atoms with Gasteiger partial charge >= 0.3 is 0 Å². The molecule has 0 saturated heterocycles. The lowest BCUT2D eigenvalue weighted by Gasteiger charge is -2.03. The van der Waals surface area contributed by atoms with Gasteiger partial charge < -0.3 is 10.7 Å². The van der Waals surface area contributed by atoms with Gasteiger partial charge in [-0.1, -0.05) is 36.4 Å². The highest BCUT2D eigenvalue weighted by Crippen LogP contribution is 2.28. The SMILES string of the molecule is Cc1[nH]c2ccc(-c3ccccc3)cc2c1CCN. The van der Waals surface area contributed by atoms with Gasteiger partial charge in [0.25, 0.3) is 0 Å². The van der Waals surface area contributed by atoms with Crippen LogP contribution in [0.2, 0.25) is 0 Å². The summed E-state index contributed by atoms with van der Waals surface area (Å²) < 4.78 is 0. The number of nitrogens with two attached hydrogens (primary N) is 1. The molecule has 2 nitrogen and oxygen atoms in total. The van der Waals surface area contributed by atoms with Gasteiger partial charge in [0.05, 0.1) is 0 Å². The third-order valence-corrected chi connectivity index (χ3v) is 3.62. The molecule has 0 saturated carbocycles. The molecule has 0 unspecified atom stereocenters. The van der Waals surface area contributed by atoms with Crippen LogP contribution in [-0.2, 0) is 6.42 Å². The Bertz CT molecular complexity index is 696. The number of hydrogen-bond acceptors (Lipinski definition) is 1. The second kappa shape index (κ2) is 4.90. The molecular formula is C17H18N2. The van der Waals surface area contributed by atoms with Crippen LogP contribution in [-0.4, -0.2) is 11.5 Å². The number of benzene rings is 2. The zero-order valence-electron chi connectivity index (χ0n) is 11.1. The van der Waals surface area contributed by atoms with Crippen molar-refractivity contribution in [3.05, 3.63) is 59.8 Å². The fourth-order valence-electron chi connectivity index (χ4n) is 2.66. The normalized spacial score (nSPS) is 11.1. The number of nitrogens with one attached hydrogen (secondary N) is 1. The molecule has 0 aliphatic heterocycles. The maximum Gasteiger partial charge on any atom is 0.0459 e. The van der Waals surface area contributed by atoms with E-state index in [1.807, 2.05) is 6.07 Å². The third kappa shape index (κ3) is 2.15. The van der Waals surface area contributed by atoms with Gasteiger partial charge in [0.2, 0.25) is 0 Å². The minimum atomic E-state index is 0.684. The molecule has 3 rings (SSSR count). The number of aromatic nitrogens is 1. The van der Waals surface area contributed by atoms with Gasteiger partial charge in [-0.25, -0.2) is 0 Å². The quantitative estimate of drug-likeness (QED) is 0.732. The van der Waals surface area contributed by atoms with Crippen LogP contribution in [0.25, 0.3) is 22.0 Å². The van der Waals surface area contributed by atoms with Crippen LogP contribution in [0.5, 0.6) is 0 Å². The lowest BCUT2D eigenvalue weighted by molar-refractivity contribution is 0.963. The lowest BCUT2D eigenvalue weighted by atomic mass is 10.0. The van der Waals surface area contributed by atoms with Gasteiger partial charge in [-0.05, 0) is 48.7 Å². The van der Waals surface area contributed by atoms with Crippen molar-refractivity contribution in [2.24, 2.45) is 5.73 Å². The fraction of sp³-hybridized carbons (Fsp3) is 0.176. The summed E-state index contributed by atoms with van der Waals surface area (Å²) in [7, 11) is 0. The number of hydrogen-bond donors (Lipinski definition) is 2. The van der Waals surface area contributed by atoms with Gasteiger partial charge in [0.1, 0.15) is 0 Å². The monoisotopic (exact) mass is 250 g/mol. The van der Waals surface area contributed by atoms with Crippen molar-refractivity contribution in [2.75, 3.05) is 6.54 Å². The standard InChI is InChI=1S/C17H18N2/c1-12-15(9-10-18)16-11-14(7-8-17(16)19-12)13-5-3-2-4-6-13/h2-8,11,19H,9-10,18H2,1H3. The number of rotatable bonds is 3. The predicted octanol–water partition coefficient (Wildman–Crippen LogP) is 3.64. The Morgan fingerprint density at radius 3 is 2.53 bits per heavy atom. The van der Waals surface area contributed by atoms with E-state index in [1.54, 1.807) is 0 Å². The first kappa shape index (κ1) is 12.0. The average molecular weight is 250 g/mol. The molecule has 3 aromatic rings. The molecule has 96 valence electrons. The van der Waals surface area contributed by atoms with Crippen molar-refractivity contribution in [1.82, 2.24) is 4.98 Å². The van der Waals surface area contributed by atoms with E-state index in [4.69, 9.17) is 5.73 Å². The summed E-state index contributed by atoms with van der Waals surface area (Å²) in [6.07, 6.45) is 0.921. The van der Waals surface area contributed by atoms with Crippen molar-refractivity contribution < 1.29 is 0 Å². The van der Waals surface area contributed by atoms with E-state index in [2.05, 4.69) is 54.4 Å². The van der Waals surface area contributed by atoms with E-state index in [1.165, 1.54) is 33.3 Å². The number of fused-ring (bicyclic) bond motifs is 1. The Hall–Kier alpha value is -2.06. The molecule has 1 aromatic heterocycles. The Balaban J connectivity index is 2.17. The van der Waals surface area contributed by atoms with E-state index in [9.17, 15) is 0 Å². The van der Waals surface area contributed by atoms with Crippen LogP contribution in [0.4, 0.5) is 0 Å². The van der Waals surface area contributed by atoms with Gasteiger partial charge in [0, 0.05) is 16.6 Å². The summed E-state index contributed by atoms with van der Waals surface area (Å²) in [5.41, 5.74) is 12.0. The first-order valence-corrected chi connectivity index (χ1v) is 6.66. The van der Waals surface area contributed by atoms with E-state index in [0.717, 1.165) is 6.42 Å². The molecule has 3 N–H and O–H groups in total. The van der Waals surface area contributed by atoms with Gasteiger partial charge in [0.15, 0.2) is 0 Å². The van der Waals surface area contributed by atoms with E-state index in [-0.39, 0.29) is 0 Å². The Labute approximate surface area is 113 Å². The van der Waals surface area contributed by atoms with Gasteiger partial charge in [-0.15, -0.1) is 0 Å². The molecule has 0 aliphatic carbocycles. The second-order valence-electron chi connectivity index (χ2n) is 4.89. The minimum absolute atomic E-state index is 0.684. The van der Waals surface area contributed by atoms with E-state index >= 15 is 0 Å². The number of aryl methyl sites for hydroxylation is 1. The van der Waals surface area contributed by atoms with Crippen LogP contribution >= 0.6 is 0 Å². The summed E-state index contributed by atoms with van der Waals surface area (Å²) >= 11 is 0. The molecule has 2 heteroatoms. The van der Waals surface area contributed by atoms with E-state index in [0.29, 0.717) is 6.54 Å². The maximum absolute atomic E-state index is 5.71. The molecule has 0 amide bonds. The topological polar surface area (TPSA) is 41.8 Å². The second-order valence-corrected chi connectivity index (χ2v) is 4.89. The van der Waals surface area contributed by atoms with Crippen LogP contribution in [0.3, 0.4) is 0 Å². The summed E-state index contributed by atoms with van der Waals surface area (Å²) in [5.74, 6) is 0. The molecule has 0 atom stereocenters. The molecule has 2 aromatic carbocycles. The maximum atomic E-state index is 5.71. The summed E-state index contributed by atoms with van der Waals surface area (Å²) in [6.45, 7) is 2.80. The molecular weight excluding hydrogens is 232 g/mol. The van der Waals surface area contributed by atoms with Crippen LogP contribution < -0.4 is 5.73 Å². The van der Waals surface area contributed by atoms with Crippen molar-refractivity contribution in [2.45, 2.75) is 13.3 Å². The highest BCUT2D eigenvalue weighted by atomic mass is 14.7. The average Bonchev–Trinajstić information content (AvgIpc) is 2.76. The Morgan fingerprint density at radius 1 is 1.00 bits per heavy atom. The minimum Gasteiger partial charge on any atom is -0.358 e. The molecule has 1 heterocycles. The molecule has 0 fully saturated rings. The van der Waals surface area contributed by atoms with Gasteiger partial charge in [-0.3, -0.25) is 0 Å². The van der Waals surface area contributed by atoms with Crippen molar-refractivity contribution in [1.29, 1.82) is 0 Å². The molecule has 0 bridgehead atoms. The fourth-order valence-corrected chi connectivity index (χ4v) is 2.66. The van der Waals surface area contributed by atoms with Crippen molar-refractivity contribution >= 4 is 10.9 Å². The third-order valence-electron chi connectivity index (χ3n) is 3.62. The van der Waals surface area contributed by atoms with E-state index < -0.39 is 0 Å². The van der Waals surface area contributed by atoms with Crippen molar-refractivity contribution in [3.63, 3.8) is 0 Å². The number of H-pyrrole nitrogens is 1. The molecule has 0 aliphatic rings. The van der Waals surface area contributed by atoms with Gasteiger partial charge in [-0.2, -0.15) is 0 Å². The first-order chi connectivity index (χ1) is 9.29. The zero-order valence-corrected chi connectivity index (χ0v) is 11.1. The molecule has 19 heavy (non-hydrogen) atoms. The predicted molar refractivity (Wildman–Crippen MR) is 81.2 cm³/mol. The Kier molecular flexibility index (Phi) is 3.10. The number of aromatic amines is 1. The highest BCUT2D eigenvalue weighted by molar-refractivity contribution is 5.89. The smallest absolute Gasteiger partial charge is 0.0459 e. The summed E-state index contributed by atoms with van der Waals surface area (Å²) in [4.78, 5) is 3.43. The van der Waals surface area contributed by atoms with Crippen molar-refractivity contribution in [3.8, 4) is 11.1 Å². The van der Waals surface area contributed by atoms with Crippen LogP contribution in [0, 0.1) is 6.92 Å². The largest absolute Gasteiger partial charge is 0.358 e. The first-order valence-electron chi connectivity index (χ1n) is 6.66. The Morgan fingerprint density at radius 2 is 1.79 bits per heavy atom.